The molecule has 0 aromatic heterocycles. The van der Waals surface area contributed by atoms with Crippen LogP contribution in [0.25, 0.3) is 0 Å². The van der Waals surface area contributed by atoms with E-state index in [9.17, 15) is 14.4 Å². The molecule has 0 fully saturated rings. The van der Waals surface area contributed by atoms with Gasteiger partial charge in [-0.15, -0.1) is 0 Å². The van der Waals surface area contributed by atoms with Crippen molar-refractivity contribution >= 4 is 17.7 Å². The number of hydrogen-bond donors (Lipinski definition) is 1. The van der Waals surface area contributed by atoms with Crippen LogP contribution < -0.4 is 5.32 Å². The van der Waals surface area contributed by atoms with Crippen molar-refractivity contribution < 1.29 is 19.1 Å². The zero-order valence-electron chi connectivity index (χ0n) is 15.8. The second-order valence-electron chi connectivity index (χ2n) is 7.31. The van der Waals surface area contributed by atoms with E-state index in [1.54, 1.807) is 0 Å². The molecule has 0 radical (unpaired) electrons. The predicted octanol–water partition coefficient (Wildman–Crippen LogP) is 3.23. The second-order valence-corrected chi connectivity index (χ2v) is 7.31. The minimum atomic E-state index is -0.518. The lowest BCUT2D eigenvalue weighted by Gasteiger charge is -2.16. The summed E-state index contributed by atoms with van der Waals surface area (Å²) in [6, 6.07) is 5.84. The van der Waals surface area contributed by atoms with E-state index in [4.69, 9.17) is 4.74 Å². The molecule has 1 aromatic rings. The van der Waals surface area contributed by atoms with Crippen molar-refractivity contribution in [3.8, 4) is 0 Å². The van der Waals surface area contributed by atoms with E-state index in [0.29, 0.717) is 18.0 Å². The maximum atomic E-state index is 12.3. The van der Waals surface area contributed by atoms with Gasteiger partial charge in [0.05, 0.1) is 6.42 Å². The highest BCUT2D eigenvalue weighted by Crippen LogP contribution is 2.23. The maximum absolute atomic E-state index is 12.3. The van der Waals surface area contributed by atoms with E-state index < -0.39 is 5.97 Å². The molecule has 0 heterocycles. The first-order valence-electron chi connectivity index (χ1n) is 9.53. The number of ketones is 1. The first-order chi connectivity index (χ1) is 12.5. The Bertz CT molecular complexity index is 651. The number of amides is 1. The van der Waals surface area contributed by atoms with Crippen molar-refractivity contribution in [1.82, 2.24) is 5.32 Å². The molecule has 26 heavy (non-hydrogen) atoms. The fraction of sp³-hybridized carbons (Fsp3) is 0.571. The summed E-state index contributed by atoms with van der Waals surface area (Å²) in [7, 11) is 0. The van der Waals surface area contributed by atoms with Crippen molar-refractivity contribution in [3.05, 3.63) is 34.9 Å². The largest absolute Gasteiger partial charge is 0.456 e. The van der Waals surface area contributed by atoms with Gasteiger partial charge < -0.3 is 10.1 Å². The maximum Gasteiger partial charge on any atom is 0.306 e. The van der Waals surface area contributed by atoms with Crippen LogP contribution in [0.2, 0.25) is 0 Å². The fourth-order valence-electron chi connectivity index (χ4n) is 3.04. The molecule has 1 amide bonds. The number of carbonyl (C=O) groups excluding carboxylic acids is 3. The summed E-state index contributed by atoms with van der Waals surface area (Å²) in [6.07, 6.45) is 5.45. The average molecular weight is 359 g/mol. The summed E-state index contributed by atoms with van der Waals surface area (Å²) < 4.78 is 4.93. The minimum Gasteiger partial charge on any atom is -0.456 e. The number of benzene rings is 1. The molecule has 5 heteroatoms. The third-order valence-electron chi connectivity index (χ3n) is 4.63. The monoisotopic (exact) mass is 359 g/mol. The van der Waals surface area contributed by atoms with Gasteiger partial charge in [0.15, 0.2) is 12.4 Å². The third kappa shape index (κ3) is 6.62. The smallest absolute Gasteiger partial charge is 0.306 e. The molecule has 5 nitrogen and oxygen atoms in total. The number of Topliss-reactive ketones (excluding diaryl/α,β-unsaturated/α-hetero) is 1. The zero-order chi connectivity index (χ0) is 18.9. The van der Waals surface area contributed by atoms with Gasteiger partial charge in [-0.3, -0.25) is 14.4 Å². The van der Waals surface area contributed by atoms with E-state index in [1.807, 2.05) is 18.2 Å². The Balaban J connectivity index is 1.70. The third-order valence-corrected chi connectivity index (χ3v) is 4.63. The van der Waals surface area contributed by atoms with Gasteiger partial charge in [0.1, 0.15) is 0 Å². The van der Waals surface area contributed by atoms with Crippen LogP contribution in [0.5, 0.6) is 0 Å². The van der Waals surface area contributed by atoms with Crippen molar-refractivity contribution in [2.45, 2.75) is 58.8 Å². The summed E-state index contributed by atoms with van der Waals surface area (Å²) in [5.41, 5.74) is 3.24. The summed E-state index contributed by atoms with van der Waals surface area (Å²) in [4.78, 5) is 35.6. The Labute approximate surface area is 155 Å². The van der Waals surface area contributed by atoms with Crippen LogP contribution in [0.4, 0.5) is 0 Å². The summed E-state index contributed by atoms with van der Waals surface area (Å²) in [5.74, 6) is -0.375. The highest BCUT2D eigenvalue weighted by Gasteiger charge is 2.15. The number of hydrogen-bond acceptors (Lipinski definition) is 4. The molecular formula is C21H29NO4. The number of rotatable bonds is 9. The first kappa shape index (κ1) is 20.1. The standard InChI is InChI=1S/C21H29NO4/c1-15(2)11-12-22-20(24)14-26-21(25)10-9-19(23)18-8-7-16-5-3-4-6-17(16)13-18/h7-8,13,15H,3-6,9-12,14H2,1-2H3,(H,22,24). The van der Waals surface area contributed by atoms with Crippen LogP contribution in [0.3, 0.4) is 0 Å². The van der Waals surface area contributed by atoms with Gasteiger partial charge in [0.2, 0.25) is 0 Å². The van der Waals surface area contributed by atoms with Gasteiger partial charge in [0.25, 0.3) is 5.91 Å². The first-order valence-corrected chi connectivity index (χ1v) is 9.53. The second kappa shape index (κ2) is 10.1. The van der Waals surface area contributed by atoms with E-state index in [1.165, 1.54) is 17.5 Å². The Morgan fingerprint density at radius 1 is 1.08 bits per heavy atom. The lowest BCUT2D eigenvalue weighted by atomic mass is 9.89. The zero-order valence-corrected chi connectivity index (χ0v) is 15.8. The number of aryl methyl sites for hydroxylation is 2. The van der Waals surface area contributed by atoms with Gasteiger partial charge >= 0.3 is 5.97 Å². The molecular weight excluding hydrogens is 330 g/mol. The highest BCUT2D eigenvalue weighted by molar-refractivity contribution is 5.97. The van der Waals surface area contributed by atoms with Crippen molar-refractivity contribution in [2.75, 3.05) is 13.2 Å². The van der Waals surface area contributed by atoms with Crippen LogP contribution in [0, 0.1) is 5.92 Å². The Morgan fingerprint density at radius 2 is 1.81 bits per heavy atom. The quantitative estimate of drug-likeness (QED) is 0.543. The Hall–Kier alpha value is -2.17. The summed E-state index contributed by atoms with van der Waals surface area (Å²) in [6.45, 7) is 4.44. The number of esters is 1. The molecule has 1 N–H and O–H groups in total. The number of carbonyl (C=O) groups is 3. The molecule has 2 rings (SSSR count). The summed E-state index contributed by atoms with van der Waals surface area (Å²) in [5, 5.41) is 2.71. The van der Waals surface area contributed by atoms with Gasteiger partial charge in [-0.2, -0.15) is 0 Å². The number of nitrogens with one attached hydrogen (secondary N) is 1. The normalized spacial score (nSPS) is 13.2. The SMILES string of the molecule is CC(C)CCNC(=O)COC(=O)CCC(=O)c1ccc2c(c1)CCCC2. The molecule has 0 atom stereocenters. The lowest BCUT2D eigenvalue weighted by Crippen LogP contribution is -2.30. The topological polar surface area (TPSA) is 72.5 Å². The van der Waals surface area contributed by atoms with Gasteiger partial charge in [-0.1, -0.05) is 26.0 Å². The molecule has 1 aliphatic carbocycles. The number of ether oxygens (including phenoxy) is 1. The van der Waals surface area contributed by atoms with Crippen LogP contribution in [-0.4, -0.2) is 30.8 Å². The highest BCUT2D eigenvalue weighted by atomic mass is 16.5. The van der Waals surface area contributed by atoms with Crippen molar-refractivity contribution in [1.29, 1.82) is 0 Å². The van der Waals surface area contributed by atoms with Gasteiger partial charge in [0, 0.05) is 18.5 Å². The van der Waals surface area contributed by atoms with Crippen LogP contribution >= 0.6 is 0 Å². The van der Waals surface area contributed by atoms with E-state index in [0.717, 1.165) is 25.7 Å². The van der Waals surface area contributed by atoms with Gasteiger partial charge in [-0.05, 0) is 55.2 Å². The molecule has 0 bridgehead atoms. The molecule has 0 aliphatic heterocycles. The molecule has 0 saturated heterocycles. The molecule has 142 valence electrons. The van der Waals surface area contributed by atoms with Crippen molar-refractivity contribution in [2.24, 2.45) is 5.92 Å². The van der Waals surface area contributed by atoms with Crippen LogP contribution in [0.1, 0.15) is 67.4 Å². The van der Waals surface area contributed by atoms with Crippen LogP contribution in [-0.2, 0) is 27.2 Å². The molecule has 0 unspecified atom stereocenters. The molecule has 0 spiro atoms. The number of fused-ring (bicyclic) bond motifs is 1. The molecule has 1 aliphatic rings. The van der Waals surface area contributed by atoms with Crippen molar-refractivity contribution in [3.63, 3.8) is 0 Å². The van der Waals surface area contributed by atoms with Gasteiger partial charge in [-0.25, -0.2) is 0 Å². The van der Waals surface area contributed by atoms with E-state index in [-0.39, 0.29) is 31.1 Å². The van der Waals surface area contributed by atoms with E-state index in [2.05, 4.69) is 19.2 Å². The average Bonchev–Trinajstić information content (AvgIpc) is 2.63. The minimum absolute atomic E-state index is 0.00477. The van der Waals surface area contributed by atoms with Crippen LogP contribution in [0.15, 0.2) is 18.2 Å². The lowest BCUT2D eigenvalue weighted by molar-refractivity contribution is -0.148. The Morgan fingerprint density at radius 3 is 2.54 bits per heavy atom. The molecule has 0 saturated carbocycles. The fourth-order valence-corrected chi connectivity index (χ4v) is 3.04. The van der Waals surface area contributed by atoms with E-state index >= 15 is 0 Å². The predicted molar refractivity (Wildman–Crippen MR) is 100 cm³/mol. The molecule has 1 aromatic carbocycles. The Kier molecular flexibility index (Phi) is 7.82. The summed E-state index contributed by atoms with van der Waals surface area (Å²) >= 11 is 0.